The topological polar surface area (TPSA) is 104 Å². The minimum atomic E-state index is -3.15. The molecule has 1 heterocycles. The Balaban J connectivity index is 2.11. The molecule has 0 spiro atoms. The number of carboxylic acids is 1. The van der Waals surface area contributed by atoms with E-state index in [0.29, 0.717) is 26.2 Å². The molecular formula is C12H17N3O4S. The highest BCUT2D eigenvalue weighted by Crippen LogP contribution is 2.23. The Morgan fingerprint density at radius 3 is 2.30 bits per heavy atom. The van der Waals surface area contributed by atoms with E-state index in [1.807, 2.05) is 4.90 Å². The highest BCUT2D eigenvalue weighted by Gasteiger charge is 2.23. The van der Waals surface area contributed by atoms with Crippen molar-refractivity contribution in [3.8, 4) is 0 Å². The zero-order valence-electron chi connectivity index (χ0n) is 11.1. The molecule has 0 unspecified atom stereocenters. The first-order chi connectivity index (χ1) is 9.29. The predicted molar refractivity (Wildman–Crippen MR) is 76.4 cm³/mol. The standard InChI is InChI=1S/C12H17N3O4S/c1-20(18,19)15-6-4-14(5-7-15)9-2-3-10(12(16)17)11(13)8-9/h2-3,8H,4-7,13H2,1H3,(H,16,17). The van der Waals surface area contributed by atoms with Crippen molar-refractivity contribution in [2.24, 2.45) is 0 Å². The molecule has 1 aliphatic heterocycles. The van der Waals surface area contributed by atoms with E-state index in [2.05, 4.69) is 0 Å². The van der Waals surface area contributed by atoms with Crippen LogP contribution < -0.4 is 10.6 Å². The van der Waals surface area contributed by atoms with Crippen molar-refractivity contribution in [3.63, 3.8) is 0 Å². The molecule has 0 saturated carbocycles. The SMILES string of the molecule is CS(=O)(=O)N1CCN(c2ccc(C(=O)O)c(N)c2)CC1. The Labute approximate surface area is 117 Å². The highest BCUT2D eigenvalue weighted by molar-refractivity contribution is 7.88. The second-order valence-corrected chi connectivity index (χ2v) is 6.71. The molecule has 0 aliphatic carbocycles. The van der Waals surface area contributed by atoms with E-state index in [0.717, 1.165) is 5.69 Å². The minimum Gasteiger partial charge on any atom is -0.478 e. The summed E-state index contributed by atoms with van der Waals surface area (Å²) in [6.07, 6.45) is 1.20. The lowest BCUT2D eigenvalue weighted by molar-refractivity contribution is 0.0698. The Morgan fingerprint density at radius 2 is 1.85 bits per heavy atom. The molecule has 0 amide bonds. The minimum absolute atomic E-state index is 0.0727. The maximum atomic E-state index is 11.4. The maximum absolute atomic E-state index is 11.4. The largest absolute Gasteiger partial charge is 0.478 e. The van der Waals surface area contributed by atoms with Crippen molar-refractivity contribution in [1.82, 2.24) is 4.31 Å². The van der Waals surface area contributed by atoms with Gasteiger partial charge in [0.15, 0.2) is 0 Å². The number of piperazine rings is 1. The molecule has 7 nitrogen and oxygen atoms in total. The molecule has 1 saturated heterocycles. The van der Waals surface area contributed by atoms with Crippen LogP contribution in [0.25, 0.3) is 0 Å². The van der Waals surface area contributed by atoms with Gasteiger partial charge in [-0.05, 0) is 18.2 Å². The molecule has 0 atom stereocenters. The van der Waals surface area contributed by atoms with Gasteiger partial charge in [0.25, 0.3) is 0 Å². The van der Waals surface area contributed by atoms with Gasteiger partial charge in [0.1, 0.15) is 0 Å². The fourth-order valence-corrected chi connectivity index (χ4v) is 3.05. The summed E-state index contributed by atoms with van der Waals surface area (Å²) in [5.74, 6) is -1.06. The lowest BCUT2D eigenvalue weighted by Crippen LogP contribution is -2.48. The number of sulfonamides is 1. The van der Waals surface area contributed by atoms with Crippen LogP contribution in [-0.4, -0.2) is 56.2 Å². The molecule has 8 heteroatoms. The number of rotatable bonds is 3. The molecule has 1 aliphatic rings. The van der Waals surface area contributed by atoms with Crippen LogP contribution >= 0.6 is 0 Å². The van der Waals surface area contributed by atoms with E-state index in [-0.39, 0.29) is 11.3 Å². The van der Waals surface area contributed by atoms with E-state index >= 15 is 0 Å². The summed E-state index contributed by atoms with van der Waals surface area (Å²) in [4.78, 5) is 12.9. The Morgan fingerprint density at radius 1 is 1.25 bits per heavy atom. The molecule has 3 N–H and O–H groups in total. The first-order valence-electron chi connectivity index (χ1n) is 6.12. The first kappa shape index (κ1) is 14.6. The molecule has 1 aromatic carbocycles. The summed E-state index contributed by atoms with van der Waals surface area (Å²) in [6, 6.07) is 4.77. The van der Waals surface area contributed by atoms with E-state index < -0.39 is 16.0 Å². The number of carboxylic acid groups (broad SMARTS) is 1. The summed E-state index contributed by atoms with van der Waals surface area (Å²) in [6.45, 7) is 1.94. The molecule has 1 aromatic rings. The Hall–Kier alpha value is -1.80. The van der Waals surface area contributed by atoms with Crippen LogP contribution in [0.15, 0.2) is 18.2 Å². The summed E-state index contributed by atoms with van der Waals surface area (Å²) >= 11 is 0. The number of nitrogen functional groups attached to an aromatic ring is 1. The third kappa shape index (κ3) is 3.02. The van der Waals surface area contributed by atoms with Crippen LogP contribution in [0.5, 0.6) is 0 Å². The van der Waals surface area contributed by atoms with Crippen LogP contribution in [0.4, 0.5) is 11.4 Å². The van der Waals surface area contributed by atoms with E-state index in [4.69, 9.17) is 10.8 Å². The smallest absolute Gasteiger partial charge is 0.337 e. The molecular weight excluding hydrogens is 282 g/mol. The number of hydrogen-bond acceptors (Lipinski definition) is 5. The second kappa shape index (κ2) is 5.29. The third-order valence-corrected chi connectivity index (χ3v) is 4.64. The average molecular weight is 299 g/mol. The number of anilines is 2. The van der Waals surface area contributed by atoms with E-state index in [1.54, 1.807) is 12.1 Å². The normalized spacial score (nSPS) is 17.1. The molecule has 0 bridgehead atoms. The van der Waals surface area contributed by atoms with Crippen molar-refractivity contribution >= 4 is 27.4 Å². The quantitative estimate of drug-likeness (QED) is 0.764. The van der Waals surface area contributed by atoms with Gasteiger partial charge in [0, 0.05) is 37.6 Å². The zero-order valence-corrected chi connectivity index (χ0v) is 11.9. The summed E-state index contributed by atoms with van der Waals surface area (Å²) in [5, 5.41) is 8.92. The van der Waals surface area contributed by atoms with Gasteiger partial charge in [0.05, 0.1) is 11.8 Å². The van der Waals surface area contributed by atoms with Gasteiger partial charge >= 0.3 is 5.97 Å². The fraction of sp³-hybridized carbons (Fsp3) is 0.417. The molecule has 20 heavy (non-hydrogen) atoms. The average Bonchev–Trinajstić information content (AvgIpc) is 2.37. The zero-order chi connectivity index (χ0) is 14.9. The molecule has 110 valence electrons. The maximum Gasteiger partial charge on any atom is 0.337 e. The number of aromatic carboxylic acids is 1. The summed E-state index contributed by atoms with van der Waals surface area (Å²) < 4.78 is 24.3. The van der Waals surface area contributed by atoms with Crippen LogP contribution in [0.1, 0.15) is 10.4 Å². The number of benzene rings is 1. The molecule has 1 fully saturated rings. The van der Waals surface area contributed by atoms with Crippen LogP contribution in [0, 0.1) is 0 Å². The van der Waals surface area contributed by atoms with Gasteiger partial charge in [-0.1, -0.05) is 0 Å². The van der Waals surface area contributed by atoms with E-state index in [9.17, 15) is 13.2 Å². The second-order valence-electron chi connectivity index (χ2n) is 4.73. The number of carbonyl (C=O) groups is 1. The van der Waals surface area contributed by atoms with Crippen LogP contribution in [0.3, 0.4) is 0 Å². The third-order valence-electron chi connectivity index (χ3n) is 3.34. The Kier molecular flexibility index (Phi) is 3.87. The molecule has 2 rings (SSSR count). The van der Waals surface area contributed by atoms with Crippen LogP contribution in [0.2, 0.25) is 0 Å². The lowest BCUT2D eigenvalue weighted by Gasteiger charge is -2.34. The molecule has 0 radical (unpaired) electrons. The fourth-order valence-electron chi connectivity index (χ4n) is 2.22. The predicted octanol–water partition coefficient (Wildman–Crippen LogP) is 0.0486. The van der Waals surface area contributed by atoms with Gasteiger partial charge in [0.2, 0.25) is 10.0 Å². The number of nitrogens with two attached hydrogens (primary N) is 1. The first-order valence-corrected chi connectivity index (χ1v) is 7.97. The highest BCUT2D eigenvalue weighted by atomic mass is 32.2. The van der Waals surface area contributed by atoms with Crippen molar-refractivity contribution in [2.45, 2.75) is 0 Å². The van der Waals surface area contributed by atoms with Crippen molar-refractivity contribution in [1.29, 1.82) is 0 Å². The Bertz CT molecular complexity index is 622. The van der Waals surface area contributed by atoms with E-state index in [1.165, 1.54) is 16.6 Å². The number of hydrogen-bond donors (Lipinski definition) is 2. The van der Waals surface area contributed by atoms with Crippen molar-refractivity contribution in [2.75, 3.05) is 43.1 Å². The summed E-state index contributed by atoms with van der Waals surface area (Å²) in [5.41, 5.74) is 6.80. The van der Waals surface area contributed by atoms with Gasteiger partial charge in [-0.15, -0.1) is 0 Å². The monoisotopic (exact) mass is 299 g/mol. The van der Waals surface area contributed by atoms with Crippen molar-refractivity contribution in [3.05, 3.63) is 23.8 Å². The summed E-state index contributed by atoms with van der Waals surface area (Å²) in [7, 11) is -3.15. The van der Waals surface area contributed by atoms with Crippen molar-refractivity contribution < 1.29 is 18.3 Å². The van der Waals surface area contributed by atoms with Crippen LogP contribution in [-0.2, 0) is 10.0 Å². The van der Waals surface area contributed by atoms with Gasteiger partial charge < -0.3 is 15.7 Å². The number of nitrogens with zero attached hydrogens (tertiary/aromatic N) is 2. The van der Waals surface area contributed by atoms with Gasteiger partial charge in [-0.3, -0.25) is 0 Å². The lowest BCUT2D eigenvalue weighted by atomic mass is 10.1. The van der Waals surface area contributed by atoms with Gasteiger partial charge in [-0.25, -0.2) is 13.2 Å². The van der Waals surface area contributed by atoms with Gasteiger partial charge in [-0.2, -0.15) is 4.31 Å². The molecule has 0 aromatic heterocycles.